The molecule has 0 amide bonds. The van der Waals surface area contributed by atoms with E-state index in [-0.39, 0.29) is 6.10 Å². The van der Waals surface area contributed by atoms with Crippen LogP contribution in [0.1, 0.15) is 5.56 Å². The number of para-hydroxylation sites is 2. The van der Waals surface area contributed by atoms with Crippen LogP contribution in [0.5, 0.6) is 11.5 Å². The maximum Gasteiger partial charge on any atom is 0.161 e. The van der Waals surface area contributed by atoms with Crippen LogP contribution in [0.2, 0.25) is 0 Å². The van der Waals surface area contributed by atoms with E-state index < -0.39 is 0 Å². The van der Waals surface area contributed by atoms with Crippen molar-refractivity contribution in [3.05, 3.63) is 54.1 Å². The lowest BCUT2D eigenvalue weighted by atomic mass is 10.2. The maximum absolute atomic E-state index is 5.89. The van der Waals surface area contributed by atoms with E-state index in [2.05, 4.69) is 36.5 Å². The molecule has 0 spiro atoms. The molecule has 1 aliphatic heterocycles. The number of fused-ring (bicyclic) bond motifs is 1. The lowest BCUT2D eigenvalue weighted by Crippen LogP contribution is -2.35. The summed E-state index contributed by atoms with van der Waals surface area (Å²) < 4.78 is 11.6. The quantitative estimate of drug-likeness (QED) is 0.913. The highest BCUT2D eigenvalue weighted by Crippen LogP contribution is 2.30. The topological polar surface area (TPSA) is 30.5 Å². The van der Waals surface area contributed by atoms with Gasteiger partial charge in [0.2, 0.25) is 0 Å². The number of benzene rings is 2. The summed E-state index contributed by atoms with van der Waals surface area (Å²) in [6, 6.07) is 16.1. The first-order chi connectivity index (χ1) is 9.31. The highest BCUT2D eigenvalue weighted by Gasteiger charge is 2.19. The van der Waals surface area contributed by atoms with Crippen LogP contribution >= 0.6 is 0 Å². The highest BCUT2D eigenvalue weighted by atomic mass is 16.6. The molecule has 0 radical (unpaired) electrons. The number of anilines is 1. The Morgan fingerprint density at radius 2 is 1.79 bits per heavy atom. The van der Waals surface area contributed by atoms with Gasteiger partial charge in [0.05, 0.1) is 6.54 Å². The Morgan fingerprint density at radius 3 is 2.58 bits per heavy atom. The monoisotopic (exact) mass is 255 g/mol. The fraction of sp³-hybridized carbons (Fsp3) is 0.250. The molecule has 0 bridgehead atoms. The Hall–Kier alpha value is -2.16. The predicted molar refractivity (Wildman–Crippen MR) is 76.0 cm³/mol. The third kappa shape index (κ3) is 2.81. The van der Waals surface area contributed by atoms with E-state index in [1.807, 2.05) is 24.3 Å². The first-order valence-corrected chi connectivity index (χ1v) is 6.50. The molecule has 0 aromatic heterocycles. The number of nitrogens with one attached hydrogen (secondary N) is 1. The summed E-state index contributed by atoms with van der Waals surface area (Å²) in [6.45, 7) is 3.39. The van der Waals surface area contributed by atoms with E-state index in [1.165, 1.54) is 5.56 Å². The average molecular weight is 255 g/mol. The summed E-state index contributed by atoms with van der Waals surface area (Å²) in [4.78, 5) is 0. The zero-order valence-corrected chi connectivity index (χ0v) is 10.9. The maximum atomic E-state index is 5.89. The van der Waals surface area contributed by atoms with E-state index in [0.29, 0.717) is 6.61 Å². The van der Waals surface area contributed by atoms with Crippen molar-refractivity contribution in [3.63, 3.8) is 0 Å². The standard InChI is InChI=1S/C16H17NO2/c1-12-6-8-13(9-7-12)17-10-14-11-18-15-4-2-3-5-16(15)19-14/h2-9,14,17H,10-11H2,1H3. The Kier molecular flexibility index (Phi) is 3.27. The molecule has 3 rings (SSSR count). The van der Waals surface area contributed by atoms with Gasteiger partial charge < -0.3 is 14.8 Å². The van der Waals surface area contributed by atoms with Gasteiger partial charge in [0.15, 0.2) is 11.5 Å². The Balaban J connectivity index is 1.59. The van der Waals surface area contributed by atoms with E-state index in [0.717, 1.165) is 23.7 Å². The Bertz CT molecular complexity index is 551. The third-order valence-electron chi connectivity index (χ3n) is 3.15. The summed E-state index contributed by atoms with van der Waals surface area (Å²) in [7, 11) is 0. The van der Waals surface area contributed by atoms with Gasteiger partial charge in [-0.15, -0.1) is 0 Å². The van der Waals surface area contributed by atoms with Crippen LogP contribution in [0.25, 0.3) is 0 Å². The molecule has 1 heterocycles. The van der Waals surface area contributed by atoms with Gasteiger partial charge in [0, 0.05) is 5.69 Å². The lowest BCUT2D eigenvalue weighted by Gasteiger charge is -2.26. The molecule has 0 aliphatic carbocycles. The van der Waals surface area contributed by atoms with Crippen LogP contribution in [-0.2, 0) is 0 Å². The Labute approximate surface area is 113 Å². The minimum absolute atomic E-state index is 0.0382. The van der Waals surface area contributed by atoms with Gasteiger partial charge >= 0.3 is 0 Å². The van der Waals surface area contributed by atoms with Crippen molar-refractivity contribution in [2.45, 2.75) is 13.0 Å². The summed E-state index contributed by atoms with van der Waals surface area (Å²) >= 11 is 0. The van der Waals surface area contributed by atoms with Crippen molar-refractivity contribution >= 4 is 5.69 Å². The van der Waals surface area contributed by atoms with E-state index in [1.54, 1.807) is 0 Å². The minimum Gasteiger partial charge on any atom is -0.486 e. The second-order valence-electron chi connectivity index (χ2n) is 4.74. The van der Waals surface area contributed by atoms with Gasteiger partial charge in [0.1, 0.15) is 12.7 Å². The van der Waals surface area contributed by atoms with Crippen LogP contribution in [0.15, 0.2) is 48.5 Å². The zero-order valence-electron chi connectivity index (χ0n) is 10.9. The molecule has 1 unspecified atom stereocenters. The van der Waals surface area contributed by atoms with Crippen LogP contribution in [0.4, 0.5) is 5.69 Å². The Morgan fingerprint density at radius 1 is 1.05 bits per heavy atom. The summed E-state index contributed by atoms with van der Waals surface area (Å²) in [6.07, 6.45) is 0.0382. The van der Waals surface area contributed by atoms with Gasteiger partial charge in [-0.05, 0) is 31.2 Å². The molecule has 0 saturated carbocycles. The fourth-order valence-electron chi connectivity index (χ4n) is 2.07. The van der Waals surface area contributed by atoms with Crippen LogP contribution in [-0.4, -0.2) is 19.3 Å². The van der Waals surface area contributed by atoms with Crippen molar-refractivity contribution in [2.75, 3.05) is 18.5 Å². The molecule has 19 heavy (non-hydrogen) atoms. The van der Waals surface area contributed by atoms with E-state index >= 15 is 0 Å². The second-order valence-corrected chi connectivity index (χ2v) is 4.74. The van der Waals surface area contributed by atoms with Crippen LogP contribution in [0.3, 0.4) is 0 Å². The molecule has 3 heteroatoms. The van der Waals surface area contributed by atoms with Gasteiger partial charge in [-0.1, -0.05) is 29.8 Å². The van der Waals surface area contributed by atoms with Crippen LogP contribution in [0, 0.1) is 6.92 Å². The summed E-state index contributed by atoms with van der Waals surface area (Å²) in [5.74, 6) is 1.65. The predicted octanol–water partition coefficient (Wildman–Crippen LogP) is 3.25. The highest BCUT2D eigenvalue weighted by molar-refractivity contribution is 5.45. The number of hydrogen-bond acceptors (Lipinski definition) is 3. The summed E-state index contributed by atoms with van der Waals surface area (Å²) in [5.41, 5.74) is 2.37. The van der Waals surface area contributed by atoms with Crippen molar-refractivity contribution < 1.29 is 9.47 Å². The summed E-state index contributed by atoms with van der Waals surface area (Å²) in [5, 5.41) is 3.37. The van der Waals surface area contributed by atoms with Crippen LogP contribution < -0.4 is 14.8 Å². The average Bonchev–Trinajstić information content (AvgIpc) is 2.46. The zero-order chi connectivity index (χ0) is 13.1. The molecule has 1 atom stereocenters. The number of ether oxygens (including phenoxy) is 2. The molecule has 1 aliphatic rings. The first kappa shape index (κ1) is 11.9. The van der Waals surface area contributed by atoms with Gasteiger partial charge in [0.25, 0.3) is 0 Å². The molecule has 3 nitrogen and oxygen atoms in total. The molecular weight excluding hydrogens is 238 g/mol. The van der Waals surface area contributed by atoms with Crippen molar-refractivity contribution in [2.24, 2.45) is 0 Å². The molecule has 98 valence electrons. The normalized spacial score (nSPS) is 17.0. The first-order valence-electron chi connectivity index (χ1n) is 6.50. The second kappa shape index (κ2) is 5.22. The molecule has 2 aromatic carbocycles. The van der Waals surface area contributed by atoms with Crippen molar-refractivity contribution in [3.8, 4) is 11.5 Å². The fourth-order valence-corrected chi connectivity index (χ4v) is 2.07. The number of rotatable bonds is 3. The largest absolute Gasteiger partial charge is 0.486 e. The molecule has 1 N–H and O–H groups in total. The van der Waals surface area contributed by atoms with E-state index in [4.69, 9.17) is 9.47 Å². The van der Waals surface area contributed by atoms with E-state index in [9.17, 15) is 0 Å². The SMILES string of the molecule is Cc1ccc(NCC2COc3ccccc3O2)cc1. The van der Waals surface area contributed by atoms with Gasteiger partial charge in [-0.25, -0.2) is 0 Å². The van der Waals surface area contributed by atoms with Crippen molar-refractivity contribution in [1.29, 1.82) is 0 Å². The molecule has 2 aromatic rings. The third-order valence-corrected chi connectivity index (χ3v) is 3.15. The van der Waals surface area contributed by atoms with Gasteiger partial charge in [-0.2, -0.15) is 0 Å². The number of hydrogen-bond donors (Lipinski definition) is 1. The molecule has 0 saturated heterocycles. The minimum atomic E-state index is 0.0382. The van der Waals surface area contributed by atoms with Gasteiger partial charge in [-0.3, -0.25) is 0 Å². The molecule has 0 fully saturated rings. The van der Waals surface area contributed by atoms with Crippen molar-refractivity contribution in [1.82, 2.24) is 0 Å². The smallest absolute Gasteiger partial charge is 0.161 e. The lowest BCUT2D eigenvalue weighted by molar-refractivity contribution is 0.0998. The number of aryl methyl sites for hydroxylation is 1. The molecular formula is C16H17NO2.